The predicted molar refractivity (Wildman–Crippen MR) is 112 cm³/mol. The van der Waals surface area contributed by atoms with Crippen LogP contribution in [-0.2, 0) is 25.6 Å². The largest absolute Gasteiger partial charge is 0.463 e. The highest BCUT2D eigenvalue weighted by Crippen LogP contribution is 2.44. The van der Waals surface area contributed by atoms with Crippen molar-refractivity contribution in [2.24, 2.45) is 0 Å². The molecular formula is C22H28N2O4S. The molecule has 1 aliphatic carbocycles. The number of thiophene rings is 1. The molecule has 1 fully saturated rings. The standard InChI is InChI=1S/C22H28N2O4S/c1-3-28-22(26)19-14(2)23-16-5-4-6-17(25)20(16)21(19)18-11-15(13-29-18)12-24-7-9-27-10-8-24/h11,13,21,23H,3-10,12H2,1-2H3/t21-/m1/s1. The van der Waals surface area contributed by atoms with Crippen LogP contribution in [0.15, 0.2) is 34.0 Å². The minimum Gasteiger partial charge on any atom is -0.463 e. The van der Waals surface area contributed by atoms with Gasteiger partial charge in [-0.15, -0.1) is 11.3 Å². The van der Waals surface area contributed by atoms with Gasteiger partial charge >= 0.3 is 5.97 Å². The molecule has 1 atom stereocenters. The second-order valence-corrected chi connectivity index (χ2v) is 8.67. The van der Waals surface area contributed by atoms with Gasteiger partial charge in [0.1, 0.15) is 0 Å². The fraction of sp³-hybridized carbons (Fsp3) is 0.545. The molecule has 0 saturated carbocycles. The third-order valence-electron chi connectivity index (χ3n) is 5.74. The molecular weight excluding hydrogens is 388 g/mol. The maximum absolute atomic E-state index is 12.9. The summed E-state index contributed by atoms with van der Waals surface area (Å²) in [6.07, 6.45) is 2.24. The minimum atomic E-state index is -0.337. The summed E-state index contributed by atoms with van der Waals surface area (Å²) in [5, 5.41) is 5.48. The van der Waals surface area contributed by atoms with Crippen LogP contribution in [0, 0.1) is 0 Å². The Hall–Kier alpha value is -1.96. The lowest BCUT2D eigenvalue weighted by molar-refractivity contribution is -0.138. The first-order valence-electron chi connectivity index (χ1n) is 10.4. The molecule has 1 aromatic heterocycles. The first kappa shape index (κ1) is 20.3. The Balaban J connectivity index is 1.68. The van der Waals surface area contributed by atoms with Crippen LogP contribution in [0.1, 0.15) is 49.5 Å². The van der Waals surface area contributed by atoms with E-state index in [1.54, 1.807) is 18.3 Å². The van der Waals surface area contributed by atoms with Crippen LogP contribution in [-0.4, -0.2) is 49.6 Å². The van der Waals surface area contributed by atoms with Crippen molar-refractivity contribution in [3.63, 3.8) is 0 Å². The molecule has 4 rings (SSSR count). The zero-order chi connectivity index (χ0) is 20.4. The molecule has 0 amide bonds. The lowest BCUT2D eigenvalue weighted by atomic mass is 9.78. The maximum Gasteiger partial charge on any atom is 0.336 e. The van der Waals surface area contributed by atoms with Crippen molar-refractivity contribution in [2.75, 3.05) is 32.9 Å². The highest BCUT2D eigenvalue weighted by atomic mass is 32.1. The Bertz CT molecular complexity index is 864. The minimum absolute atomic E-state index is 0.140. The van der Waals surface area contributed by atoms with Gasteiger partial charge < -0.3 is 14.8 Å². The SMILES string of the molecule is CCOC(=O)C1=C(C)NC2=C(C(=O)CCC2)[C@@H]1c1cc(CN2CCOCC2)cs1. The summed E-state index contributed by atoms with van der Waals surface area (Å²) in [6.45, 7) is 8.29. The molecule has 3 heterocycles. The van der Waals surface area contributed by atoms with Gasteiger partial charge in [0.15, 0.2) is 5.78 Å². The number of hydrogen-bond acceptors (Lipinski definition) is 7. The van der Waals surface area contributed by atoms with Gasteiger partial charge in [-0.3, -0.25) is 9.69 Å². The number of ketones is 1. The molecule has 2 aliphatic heterocycles. The van der Waals surface area contributed by atoms with Crippen molar-refractivity contribution < 1.29 is 19.1 Å². The first-order chi connectivity index (χ1) is 14.1. The van der Waals surface area contributed by atoms with Crippen molar-refractivity contribution in [3.05, 3.63) is 44.4 Å². The lowest BCUT2D eigenvalue weighted by Gasteiger charge is -2.33. The van der Waals surface area contributed by atoms with Crippen LogP contribution in [0.3, 0.4) is 0 Å². The summed E-state index contributed by atoms with van der Waals surface area (Å²) in [7, 11) is 0. The van der Waals surface area contributed by atoms with Crippen LogP contribution in [0.5, 0.6) is 0 Å². The molecule has 1 aromatic rings. The second-order valence-electron chi connectivity index (χ2n) is 7.73. The van der Waals surface area contributed by atoms with E-state index in [-0.39, 0.29) is 17.7 Å². The number of dihydropyridines is 1. The molecule has 0 spiro atoms. The summed E-state index contributed by atoms with van der Waals surface area (Å²) < 4.78 is 10.8. The van der Waals surface area contributed by atoms with Crippen LogP contribution >= 0.6 is 11.3 Å². The van der Waals surface area contributed by atoms with E-state index < -0.39 is 0 Å². The van der Waals surface area contributed by atoms with E-state index in [1.165, 1.54) is 5.56 Å². The van der Waals surface area contributed by atoms with Crippen LogP contribution in [0.25, 0.3) is 0 Å². The number of ether oxygens (including phenoxy) is 2. The molecule has 29 heavy (non-hydrogen) atoms. The molecule has 7 heteroatoms. The van der Waals surface area contributed by atoms with Gasteiger partial charge in [0.2, 0.25) is 0 Å². The van der Waals surface area contributed by atoms with Gasteiger partial charge in [-0.2, -0.15) is 0 Å². The Kier molecular flexibility index (Phi) is 6.18. The molecule has 0 bridgehead atoms. The van der Waals surface area contributed by atoms with Gasteiger partial charge in [0.05, 0.1) is 31.3 Å². The fourth-order valence-corrected chi connectivity index (χ4v) is 5.41. The van der Waals surface area contributed by atoms with Crippen LogP contribution in [0.4, 0.5) is 0 Å². The first-order valence-corrected chi connectivity index (χ1v) is 11.2. The average molecular weight is 417 g/mol. The highest BCUT2D eigenvalue weighted by Gasteiger charge is 2.39. The van der Waals surface area contributed by atoms with Gasteiger partial charge in [-0.05, 0) is 43.7 Å². The van der Waals surface area contributed by atoms with Gasteiger partial charge in [0.25, 0.3) is 0 Å². The molecule has 1 saturated heterocycles. The summed E-state index contributed by atoms with van der Waals surface area (Å²) in [5.74, 6) is -0.529. The van der Waals surface area contributed by atoms with E-state index in [2.05, 4.69) is 21.7 Å². The number of carbonyl (C=O) groups is 2. The number of nitrogens with zero attached hydrogens (tertiary/aromatic N) is 1. The van der Waals surface area contributed by atoms with Gasteiger partial charge in [0, 0.05) is 47.9 Å². The zero-order valence-electron chi connectivity index (χ0n) is 17.1. The van der Waals surface area contributed by atoms with Crippen molar-refractivity contribution in [1.82, 2.24) is 10.2 Å². The maximum atomic E-state index is 12.9. The van der Waals surface area contributed by atoms with Gasteiger partial charge in [-0.1, -0.05) is 0 Å². The molecule has 156 valence electrons. The number of rotatable bonds is 5. The molecule has 0 radical (unpaired) electrons. The molecule has 3 aliphatic rings. The Morgan fingerprint density at radius 1 is 1.34 bits per heavy atom. The number of carbonyl (C=O) groups excluding carboxylic acids is 2. The van der Waals surface area contributed by atoms with Crippen molar-refractivity contribution in [1.29, 1.82) is 0 Å². The summed E-state index contributed by atoms with van der Waals surface area (Å²) in [6, 6.07) is 2.16. The van der Waals surface area contributed by atoms with Crippen molar-refractivity contribution in [3.8, 4) is 0 Å². The fourth-order valence-electron chi connectivity index (χ4n) is 4.39. The number of nitrogens with one attached hydrogen (secondary N) is 1. The molecule has 0 unspecified atom stereocenters. The number of esters is 1. The molecule has 6 nitrogen and oxygen atoms in total. The number of Topliss-reactive ketones (excluding diaryl/α,β-unsaturated/α-hetero) is 1. The van der Waals surface area contributed by atoms with E-state index >= 15 is 0 Å². The van der Waals surface area contributed by atoms with Gasteiger partial charge in [-0.25, -0.2) is 4.79 Å². The lowest BCUT2D eigenvalue weighted by Crippen LogP contribution is -2.35. The third kappa shape index (κ3) is 4.17. The van der Waals surface area contributed by atoms with E-state index in [1.807, 2.05) is 6.92 Å². The summed E-state index contributed by atoms with van der Waals surface area (Å²) >= 11 is 1.63. The normalized spacial score (nSPS) is 23.1. The van der Waals surface area contributed by atoms with E-state index in [0.29, 0.717) is 18.6 Å². The zero-order valence-corrected chi connectivity index (χ0v) is 17.9. The monoisotopic (exact) mass is 416 g/mol. The van der Waals surface area contributed by atoms with E-state index in [4.69, 9.17) is 9.47 Å². The topological polar surface area (TPSA) is 67.9 Å². The number of morpholine rings is 1. The molecule has 0 aromatic carbocycles. The van der Waals surface area contributed by atoms with Crippen molar-refractivity contribution in [2.45, 2.75) is 45.6 Å². The Morgan fingerprint density at radius 2 is 2.14 bits per heavy atom. The van der Waals surface area contributed by atoms with Crippen LogP contribution in [0.2, 0.25) is 0 Å². The highest BCUT2D eigenvalue weighted by molar-refractivity contribution is 7.10. The third-order valence-corrected chi connectivity index (χ3v) is 6.79. The smallest absolute Gasteiger partial charge is 0.336 e. The van der Waals surface area contributed by atoms with E-state index in [0.717, 1.165) is 67.5 Å². The Morgan fingerprint density at radius 3 is 2.90 bits per heavy atom. The quantitative estimate of drug-likeness (QED) is 0.744. The predicted octanol–water partition coefficient (Wildman–Crippen LogP) is 3.11. The molecule has 1 N–H and O–H groups in total. The summed E-state index contributed by atoms with van der Waals surface area (Å²) in [5.41, 5.74) is 4.31. The number of allylic oxidation sites excluding steroid dienone is 3. The second kappa shape index (κ2) is 8.81. The van der Waals surface area contributed by atoms with Crippen molar-refractivity contribution >= 4 is 23.1 Å². The van der Waals surface area contributed by atoms with E-state index in [9.17, 15) is 9.59 Å². The average Bonchev–Trinajstić information content (AvgIpc) is 3.16. The van der Waals surface area contributed by atoms with Crippen LogP contribution < -0.4 is 5.32 Å². The summed E-state index contributed by atoms with van der Waals surface area (Å²) in [4.78, 5) is 29.1. The number of hydrogen-bond donors (Lipinski definition) is 1. The Labute approximate surface area is 175 Å².